The van der Waals surface area contributed by atoms with Crippen molar-refractivity contribution in [3.05, 3.63) is 46.5 Å². The number of rotatable bonds is 6. The lowest BCUT2D eigenvalue weighted by Crippen LogP contribution is -2.12. The Bertz CT molecular complexity index is 623. The molecule has 1 amide bonds. The SMILES string of the molecule is CCOCc1nnc(NC(=O)C(C)=Cc2ccccc2)s1. The van der Waals surface area contributed by atoms with E-state index in [2.05, 4.69) is 15.5 Å². The van der Waals surface area contributed by atoms with Crippen LogP contribution in [0.5, 0.6) is 0 Å². The lowest BCUT2D eigenvalue weighted by Gasteiger charge is -2.01. The molecule has 0 aliphatic heterocycles. The van der Waals surface area contributed by atoms with Crippen LogP contribution in [0.3, 0.4) is 0 Å². The minimum absolute atomic E-state index is 0.182. The first kappa shape index (κ1) is 15.3. The number of nitrogens with one attached hydrogen (secondary N) is 1. The average molecular weight is 303 g/mol. The molecule has 0 bridgehead atoms. The first-order chi connectivity index (χ1) is 10.2. The smallest absolute Gasteiger partial charge is 0.253 e. The summed E-state index contributed by atoms with van der Waals surface area (Å²) in [4.78, 5) is 12.1. The highest BCUT2D eigenvalue weighted by atomic mass is 32.1. The van der Waals surface area contributed by atoms with Gasteiger partial charge in [0.05, 0.1) is 0 Å². The molecular formula is C15H17N3O2S. The Labute approximate surface area is 127 Å². The van der Waals surface area contributed by atoms with Crippen molar-refractivity contribution in [2.24, 2.45) is 0 Å². The third kappa shape index (κ3) is 4.77. The number of hydrogen-bond donors (Lipinski definition) is 1. The molecule has 0 aliphatic carbocycles. The third-order valence-corrected chi connectivity index (χ3v) is 3.47. The van der Waals surface area contributed by atoms with Crippen LogP contribution in [0.1, 0.15) is 24.4 Å². The van der Waals surface area contributed by atoms with Crippen molar-refractivity contribution in [3.63, 3.8) is 0 Å². The molecule has 0 saturated carbocycles. The fourth-order valence-corrected chi connectivity index (χ4v) is 2.28. The predicted molar refractivity (Wildman–Crippen MR) is 84.0 cm³/mol. The lowest BCUT2D eigenvalue weighted by atomic mass is 10.1. The van der Waals surface area contributed by atoms with Crippen molar-refractivity contribution in [2.75, 3.05) is 11.9 Å². The van der Waals surface area contributed by atoms with E-state index in [0.717, 1.165) is 10.6 Å². The van der Waals surface area contributed by atoms with Gasteiger partial charge in [0.1, 0.15) is 11.6 Å². The summed E-state index contributed by atoms with van der Waals surface area (Å²) in [5, 5.41) is 11.9. The number of nitrogens with zero attached hydrogens (tertiary/aromatic N) is 2. The van der Waals surface area contributed by atoms with Crippen LogP contribution in [0.4, 0.5) is 5.13 Å². The molecule has 5 nitrogen and oxygen atoms in total. The van der Waals surface area contributed by atoms with Crippen LogP contribution in [0.15, 0.2) is 35.9 Å². The molecule has 0 aliphatic rings. The van der Waals surface area contributed by atoms with E-state index in [1.54, 1.807) is 6.92 Å². The maximum absolute atomic E-state index is 12.1. The van der Waals surface area contributed by atoms with Gasteiger partial charge in [0.2, 0.25) is 5.13 Å². The van der Waals surface area contributed by atoms with Gasteiger partial charge < -0.3 is 4.74 Å². The summed E-state index contributed by atoms with van der Waals surface area (Å²) < 4.78 is 5.25. The Kier molecular flexibility index (Phi) is 5.59. The van der Waals surface area contributed by atoms with E-state index in [9.17, 15) is 4.79 Å². The molecule has 0 unspecified atom stereocenters. The lowest BCUT2D eigenvalue weighted by molar-refractivity contribution is -0.112. The van der Waals surface area contributed by atoms with Crippen LogP contribution in [0.2, 0.25) is 0 Å². The Morgan fingerprint density at radius 3 is 2.81 bits per heavy atom. The maximum atomic E-state index is 12.1. The van der Waals surface area contributed by atoms with Gasteiger partial charge >= 0.3 is 0 Å². The van der Waals surface area contributed by atoms with Gasteiger partial charge in [-0.3, -0.25) is 10.1 Å². The molecule has 6 heteroatoms. The van der Waals surface area contributed by atoms with E-state index in [1.807, 2.05) is 43.3 Å². The van der Waals surface area contributed by atoms with Gasteiger partial charge in [-0.25, -0.2) is 0 Å². The van der Waals surface area contributed by atoms with Crippen LogP contribution >= 0.6 is 11.3 Å². The zero-order valence-corrected chi connectivity index (χ0v) is 12.8. The summed E-state index contributed by atoms with van der Waals surface area (Å²) in [6.07, 6.45) is 1.83. The number of amides is 1. The Hall–Kier alpha value is -2.05. The van der Waals surface area contributed by atoms with E-state index < -0.39 is 0 Å². The predicted octanol–water partition coefficient (Wildman–Crippen LogP) is 3.12. The zero-order chi connectivity index (χ0) is 15.1. The van der Waals surface area contributed by atoms with E-state index in [4.69, 9.17) is 4.74 Å². The van der Waals surface area contributed by atoms with Gasteiger partial charge in [0.25, 0.3) is 5.91 Å². The summed E-state index contributed by atoms with van der Waals surface area (Å²) in [7, 11) is 0. The van der Waals surface area contributed by atoms with Crippen LogP contribution in [0, 0.1) is 0 Å². The molecule has 0 fully saturated rings. The quantitative estimate of drug-likeness (QED) is 0.833. The van der Waals surface area contributed by atoms with Crippen LogP contribution in [-0.2, 0) is 16.1 Å². The van der Waals surface area contributed by atoms with Crippen LogP contribution in [0.25, 0.3) is 6.08 Å². The normalized spacial score (nSPS) is 11.4. The molecule has 1 aromatic heterocycles. The first-order valence-electron chi connectivity index (χ1n) is 6.64. The second-order valence-electron chi connectivity index (χ2n) is 4.33. The van der Waals surface area contributed by atoms with Crippen molar-refractivity contribution in [2.45, 2.75) is 20.5 Å². The van der Waals surface area contributed by atoms with Crippen LogP contribution < -0.4 is 5.32 Å². The number of carbonyl (C=O) groups excluding carboxylic acids is 1. The van der Waals surface area contributed by atoms with Crippen molar-refractivity contribution in [1.29, 1.82) is 0 Å². The molecule has 1 N–H and O–H groups in total. The maximum Gasteiger partial charge on any atom is 0.253 e. The second-order valence-corrected chi connectivity index (χ2v) is 5.39. The molecule has 1 heterocycles. The number of carbonyl (C=O) groups is 1. The first-order valence-corrected chi connectivity index (χ1v) is 7.45. The fourth-order valence-electron chi connectivity index (χ4n) is 1.61. The topological polar surface area (TPSA) is 64.1 Å². The molecule has 0 radical (unpaired) electrons. The minimum Gasteiger partial charge on any atom is -0.374 e. The average Bonchev–Trinajstić information content (AvgIpc) is 2.93. The van der Waals surface area contributed by atoms with Crippen LogP contribution in [-0.4, -0.2) is 22.7 Å². The van der Waals surface area contributed by atoms with Gasteiger partial charge in [-0.1, -0.05) is 41.7 Å². The van der Waals surface area contributed by atoms with E-state index >= 15 is 0 Å². The number of anilines is 1. The summed E-state index contributed by atoms with van der Waals surface area (Å²) in [5.41, 5.74) is 1.60. The fraction of sp³-hybridized carbons (Fsp3) is 0.267. The van der Waals surface area contributed by atoms with E-state index in [-0.39, 0.29) is 5.91 Å². The number of hydrogen-bond acceptors (Lipinski definition) is 5. The molecule has 2 aromatic rings. The highest BCUT2D eigenvalue weighted by Crippen LogP contribution is 2.17. The molecule has 110 valence electrons. The largest absolute Gasteiger partial charge is 0.374 e. The molecule has 1 aromatic carbocycles. The zero-order valence-electron chi connectivity index (χ0n) is 12.0. The summed E-state index contributed by atoms with van der Waals surface area (Å²) in [6, 6.07) is 9.70. The summed E-state index contributed by atoms with van der Waals surface area (Å²) in [5.74, 6) is -0.182. The van der Waals surface area contributed by atoms with E-state index in [0.29, 0.717) is 23.9 Å². The summed E-state index contributed by atoms with van der Waals surface area (Å²) >= 11 is 1.32. The van der Waals surface area contributed by atoms with Crippen molar-refractivity contribution < 1.29 is 9.53 Å². The molecule has 2 rings (SSSR count). The van der Waals surface area contributed by atoms with Crippen molar-refractivity contribution in [1.82, 2.24) is 10.2 Å². The third-order valence-electron chi connectivity index (χ3n) is 2.66. The van der Waals surface area contributed by atoms with Gasteiger partial charge in [-0.05, 0) is 25.5 Å². The van der Waals surface area contributed by atoms with Gasteiger partial charge in [0.15, 0.2) is 0 Å². The molecule has 0 spiro atoms. The Balaban J connectivity index is 1.97. The molecule has 0 saturated heterocycles. The van der Waals surface area contributed by atoms with Crippen molar-refractivity contribution in [3.8, 4) is 0 Å². The number of benzene rings is 1. The highest BCUT2D eigenvalue weighted by Gasteiger charge is 2.09. The summed E-state index contributed by atoms with van der Waals surface area (Å²) in [6.45, 7) is 4.73. The highest BCUT2D eigenvalue weighted by molar-refractivity contribution is 7.15. The minimum atomic E-state index is -0.182. The Morgan fingerprint density at radius 2 is 2.10 bits per heavy atom. The molecule has 21 heavy (non-hydrogen) atoms. The number of aromatic nitrogens is 2. The van der Waals surface area contributed by atoms with E-state index in [1.165, 1.54) is 11.3 Å². The Morgan fingerprint density at radius 1 is 1.33 bits per heavy atom. The van der Waals surface area contributed by atoms with Gasteiger partial charge in [0, 0.05) is 12.2 Å². The number of ether oxygens (including phenoxy) is 1. The molecule has 0 atom stereocenters. The second kappa shape index (κ2) is 7.66. The molecular weight excluding hydrogens is 286 g/mol. The van der Waals surface area contributed by atoms with Gasteiger partial charge in [-0.15, -0.1) is 10.2 Å². The monoisotopic (exact) mass is 303 g/mol. The van der Waals surface area contributed by atoms with Gasteiger partial charge in [-0.2, -0.15) is 0 Å². The van der Waals surface area contributed by atoms with Crippen molar-refractivity contribution >= 4 is 28.5 Å². The standard InChI is InChI=1S/C15H17N3O2S/c1-3-20-10-13-17-18-15(21-13)16-14(19)11(2)9-12-7-5-4-6-8-12/h4-9H,3,10H2,1-2H3,(H,16,18,19).